The molecule has 0 bridgehead atoms. The minimum atomic E-state index is -2.74. The topological polar surface area (TPSA) is 369 Å². The summed E-state index contributed by atoms with van der Waals surface area (Å²) in [5.41, 5.74) is -2.74. The second-order valence-corrected chi connectivity index (χ2v) is 7.19. The van der Waals surface area contributed by atoms with Gasteiger partial charge in [-0.15, -0.1) is 0 Å². The molecule has 37 heavy (non-hydrogen) atoms. The van der Waals surface area contributed by atoms with Crippen LogP contribution in [0.4, 0.5) is 0 Å². The number of aliphatic carboxylic acids is 3. The summed E-state index contributed by atoms with van der Waals surface area (Å²) in [5.74, 6) is -5.02. The van der Waals surface area contributed by atoms with E-state index in [1.54, 1.807) is 0 Å². The van der Waals surface area contributed by atoms with Gasteiger partial charge >= 0.3 is 17.9 Å². The first-order valence-corrected chi connectivity index (χ1v) is 9.82. The number of rotatable bonds is 15. The van der Waals surface area contributed by atoms with Crippen molar-refractivity contribution >= 4 is 30.5 Å². The van der Waals surface area contributed by atoms with Gasteiger partial charge in [0.25, 0.3) is 0 Å². The number of carboxylic acid groups (broad SMARTS) is 3. The van der Waals surface area contributed by atoms with Crippen LogP contribution in [0, 0.1) is 0 Å². The summed E-state index contributed by atoms with van der Waals surface area (Å²) < 4.78 is 0. The highest BCUT2D eigenvalue weighted by Crippen LogP contribution is 2.15. The maximum atomic E-state index is 10.3. The number of aldehydes is 2. The number of carbonyl (C=O) groups excluding carboxylic acids is 2. The van der Waals surface area contributed by atoms with E-state index in [9.17, 15) is 24.0 Å². The van der Waals surface area contributed by atoms with E-state index in [0.717, 1.165) is 0 Å². The van der Waals surface area contributed by atoms with E-state index in [1.807, 2.05) is 0 Å². The highest BCUT2D eigenvalue weighted by Gasteiger charge is 2.40. The molecule has 0 rings (SSSR count). The van der Waals surface area contributed by atoms with Gasteiger partial charge in [-0.25, -0.2) is 4.79 Å². The minimum Gasteiger partial charge on any atom is -0.481 e. The fraction of sp³-hybridized carbons (Fsp3) is 0.722. The minimum absolute atomic E-state index is 0.0258. The second-order valence-electron chi connectivity index (χ2n) is 7.19. The lowest BCUT2D eigenvalue weighted by atomic mass is 9.96. The van der Waals surface area contributed by atoms with Crippen LogP contribution in [0.15, 0.2) is 0 Å². The smallest absolute Gasteiger partial charge is 0.336 e. The molecule has 0 radical (unpaired) electrons. The molecule has 0 fully saturated rings. The molecule has 0 spiro atoms. The molecule has 14 N–H and O–H groups in total. The van der Waals surface area contributed by atoms with Crippen molar-refractivity contribution in [1.82, 2.24) is 0 Å². The van der Waals surface area contributed by atoms with Crippen LogP contribution in [0.3, 0.4) is 0 Å². The molecule has 0 aliphatic rings. The van der Waals surface area contributed by atoms with Gasteiger partial charge in [-0.1, -0.05) is 0 Å². The van der Waals surface area contributed by atoms with E-state index in [-0.39, 0.29) is 12.6 Å². The van der Waals surface area contributed by atoms with Crippen LogP contribution in [0.25, 0.3) is 0 Å². The third-order valence-electron chi connectivity index (χ3n) is 4.13. The van der Waals surface area contributed by atoms with Crippen LogP contribution in [-0.2, 0) is 24.0 Å². The van der Waals surface area contributed by atoms with Crippen molar-refractivity contribution in [3.8, 4) is 0 Å². The van der Waals surface area contributed by atoms with Crippen LogP contribution < -0.4 is 0 Å². The van der Waals surface area contributed by atoms with Gasteiger partial charge in [-0.3, -0.25) is 9.59 Å². The second kappa shape index (κ2) is 19.4. The van der Waals surface area contributed by atoms with Crippen LogP contribution in [0.1, 0.15) is 12.8 Å². The maximum absolute atomic E-state index is 10.3. The fourth-order valence-corrected chi connectivity index (χ4v) is 1.95. The molecule has 19 heteroatoms. The number of hydrogen-bond acceptors (Lipinski definition) is 16. The summed E-state index contributed by atoms with van der Waals surface area (Å²) in [6.45, 7) is -1.52. The molecule has 8 atom stereocenters. The first-order valence-electron chi connectivity index (χ1n) is 9.82. The van der Waals surface area contributed by atoms with Crippen molar-refractivity contribution in [2.45, 2.75) is 67.3 Å². The molecular formula is C18H32O19. The van der Waals surface area contributed by atoms with E-state index in [1.165, 1.54) is 0 Å². The fourth-order valence-electron chi connectivity index (χ4n) is 1.95. The first kappa shape index (κ1) is 38.8. The Bertz CT molecular complexity index is 651. The Hall–Kier alpha value is -2.69. The lowest BCUT2D eigenvalue weighted by Gasteiger charge is -2.22. The SMILES string of the molecule is O=C(O)CC(O)(CC(=O)O)C(=O)O.O=CC(O)C(O)C(O)C(O)CO.O=CC(O)C(O)C(O)C(O)CO. The lowest BCUT2D eigenvalue weighted by Crippen LogP contribution is -2.46. The summed E-state index contributed by atoms with van der Waals surface area (Å²) in [5, 5.41) is 121. The molecule has 0 saturated heterocycles. The molecule has 0 aromatic carbocycles. The van der Waals surface area contributed by atoms with E-state index in [0.29, 0.717) is 0 Å². The van der Waals surface area contributed by atoms with E-state index in [4.69, 9.17) is 71.5 Å². The lowest BCUT2D eigenvalue weighted by molar-refractivity contribution is -0.170. The average molecular weight is 552 g/mol. The predicted octanol–water partition coefficient (Wildman–Crippen LogP) is -8.01. The van der Waals surface area contributed by atoms with Crippen molar-refractivity contribution in [3.05, 3.63) is 0 Å². The summed E-state index contributed by atoms with van der Waals surface area (Å²) in [7, 11) is 0. The van der Waals surface area contributed by atoms with Crippen molar-refractivity contribution in [3.63, 3.8) is 0 Å². The number of carbonyl (C=O) groups is 5. The average Bonchev–Trinajstić information content (AvgIpc) is 2.84. The Morgan fingerprint density at radius 2 is 0.865 bits per heavy atom. The van der Waals surface area contributed by atoms with Crippen molar-refractivity contribution in [2.24, 2.45) is 0 Å². The Labute approximate surface area is 207 Å². The van der Waals surface area contributed by atoms with Gasteiger partial charge in [0.2, 0.25) is 0 Å². The van der Waals surface area contributed by atoms with Gasteiger partial charge in [0.1, 0.15) is 48.8 Å². The van der Waals surface area contributed by atoms with Gasteiger partial charge in [0, 0.05) is 0 Å². The zero-order chi connectivity index (χ0) is 30.1. The highest BCUT2D eigenvalue weighted by molar-refractivity contribution is 5.88. The summed E-state index contributed by atoms with van der Waals surface area (Å²) in [6.07, 6.45) is -16.0. The molecule has 0 aliphatic carbocycles. The molecular weight excluding hydrogens is 520 g/mol. The zero-order valence-electron chi connectivity index (χ0n) is 18.9. The Kier molecular flexibility index (Phi) is 20.4. The van der Waals surface area contributed by atoms with Crippen molar-refractivity contribution in [2.75, 3.05) is 13.2 Å². The van der Waals surface area contributed by atoms with Crippen LogP contribution in [0.5, 0.6) is 0 Å². The molecule has 0 aromatic heterocycles. The van der Waals surface area contributed by atoms with Gasteiger partial charge in [0.15, 0.2) is 18.2 Å². The Balaban J connectivity index is -0.000000469. The van der Waals surface area contributed by atoms with Gasteiger partial charge in [-0.2, -0.15) is 0 Å². The van der Waals surface area contributed by atoms with Crippen LogP contribution >= 0.6 is 0 Å². The normalized spacial score (nSPS) is 17.5. The molecule has 0 aliphatic heterocycles. The Morgan fingerprint density at radius 3 is 1.03 bits per heavy atom. The number of carboxylic acids is 3. The number of aliphatic hydroxyl groups is 11. The molecule has 0 heterocycles. The summed E-state index contributed by atoms with van der Waals surface area (Å²) in [4.78, 5) is 50.3. The zero-order valence-corrected chi connectivity index (χ0v) is 18.9. The van der Waals surface area contributed by atoms with Gasteiger partial charge in [-0.05, 0) is 0 Å². The quantitative estimate of drug-likeness (QED) is 0.0838. The third-order valence-corrected chi connectivity index (χ3v) is 4.13. The number of hydrogen-bond donors (Lipinski definition) is 14. The molecule has 8 unspecified atom stereocenters. The summed E-state index contributed by atoms with van der Waals surface area (Å²) in [6, 6.07) is 0. The van der Waals surface area contributed by atoms with E-state index < -0.39 is 98.4 Å². The maximum Gasteiger partial charge on any atom is 0.336 e. The van der Waals surface area contributed by atoms with Crippen molar-refractivity contribution in [1.29, 1.82) is 0 Å². The standard InChI is InChI=1S/C6H8O7.2C6H12O6/c7-3(8)1-6(13,5(11)12)2-4(9)10;2*7-1-3(9)5(11)6(12)4(10)2-8/h13H,1-2H2,(H,7,8)(H,9,10)(H,11,12);2*1,3-6,8-12H,2H2. The van der Waals surface area contributed by atoms with Crippen LogP contribution in [0.2, 0.25) is 0 Å². The van der Waals surface area contributed by atoms with E-state index in [2.05, 4.69) is 0 Å². The molecule has 0 saturated carbocycles. The molecule has 0 amide bonds. The van der Waals surface area contributed by atoms with Gasteiger partial charge in [0.05, 0.1) is 26.1 Å². The first-order chi connectivity index (χ1) is 16.9. The highest BCUT2D eigenvalue weighted by atomic mass is 16.4. The number of aliphatic hydroxyl groups excluding tert-OH is 10. The van der Waals surface area contributed by atoms with Crippen LogP contribution in [-0.4, -0.2) is 170 Å². The third kappa shape index (κ3) is 15.9. The van der Waals surface area contributed by atoms with E-state index >= 15 is 0 Å². The predicted molar refractivity (Wildman–Crippen MR) is 111 cm³/mol. The van der Waals surface area contributed by atoms with Gasteiger partial charge < -0.3 is 81.1 Å². The monoisotopic (exact) mass is 552 g/mol. The molecule has 19 nitrogen and oxygen atoms in total. The molecule has 218 valence electrons. The summed E-state index contributed by atoms with van der Waals surface area (Å²) >= 11 is 0. The molecule has 0 aromatic rings. The Morgan fingerprint density at radius 1 is 0.595 bits per heavy atom. The largest absolute Gasteiger partial charge is 0.481 e. The van der Waals surface area contributed by atoms with Crippen molar-refractivity contribution < 1.29 is 95.5 Å².